The molecule has 8 heteroatoms. The Morgan fingerprint density at radius 1 is 1.34 bits per heavy atom. The topological polar surface area (TPSA) is 84.2 Å². The molecule has 3 heterocycles. The number of rotatable bonds is 7. The van der Waals surface area contributed by atoms with Crippen LogP contribution in [-0.2, 0) is 11.3 Å². The average Bonchev–Trinajstić information content (AvgIpc) is 3.13. The van der Waals surface area contributed by atoms with Gasteiger partial charge in [0.2, 0.25) is 0 Å². The maximum atomic E-state index is 12.3. The van der Waals surface area contributed by atoms with Crippen molar-refractivity contribution in [2.75, 3.05) is 10.6 Å². The molecular formula is C21H23BrN6O. The molecule has 0 amide bonds. The summed E-state index contributed by atoms with van der Waals surface area (Å²) < 4.78 is 2.58. The zero-order valence-corrected chi connectivity index (χ0v) is 17.6. The molecule has 1 aliphatic carbocycles. The number of carbonyl (C=O) groups excluding carboxylic acids is 1. The highest BCUT2D eigenvalue weighted by atomic mass is 79.9. The summed E-state index contributed by atoms with van der Waals surface area (Å²) in [5.41, 5.74) is 1.79. The molecule has 0 spiro atoms. The molecule has 3 aromatic heterocycles. The van der Waals surface area contributed by atoms with E-state index in [2.05, 4.69) is 43.2 Å². The van der Waals surface area contributed by atoms with Gasteiger partial charge in [0.1, 0.15) is 11.6 Å². The maximum absolute atomic E-state index is 12.3. The van der Waals surface area contributed by atoms with Gasteiger partial charge < -0.3 is 10.6 Å². The first kappa shape index (κ1) is 19.6. The fourth-order valence-electron chi connectivity index (χ4n) is 3.82. The van der Waals surface area contributed by atoms with Gasteiger partial charge in [0.25, 0.3) is 0 Å². The van der Waals surface area contributed by atoms with Gasteiger partial charge in [0, 0.05) is 37.0 Å². The average molecular weight is 455 g/mol. The van der Waals surface area contributed by atoms with Crippen molar-refractivity contribution in [1.82, 2.24) is 19.6 Å². The summed E-state index contributed by atoms with van der Waals surface area (Å²) in [5.74, 6) is 1.58. The quantitative estimate of drug-likeness (QED) is 0.519. The zero-order valence-electron chi connectivity index (χ0n) is 16.0. The van der Waals surface area contributed by atoms with Gasteiger partial charge in [0.15, 0.2) is 11.4 Å². The van der Waals surface area contributed by atoms with E-state index in [-0.39, 0.29) is 17.7 Å². The van der Waals surface area contributed by atoms with Gasteiger partial charge in [-0.1, -0.05) is 25.5 Å². The number of hydrogen-bond donors (Lipinski definition) is 2. The molecule has 0 radical (unpaired) electrons. The maximum Gasteiger partial charge on any atom is 0.173 e. The molecule has 2 N–H and O–H groups in total. The number of nitrogens with one attached hydrogen (secondary N) is 2. The highest BCUT2D eigenvalue weighted by Crippen LogP contribution is 2.29. The predicted molar refractivity (Wildman–Crippen MR) is 117 cm³/mol. The number of aromatic nitrogens is 4. The number of carbonyl (C=O) groups is 1. The van der Waals surface area contributed by atoms with Crippen molar-refractivity contribution in [3.63, 3.8) is 0 Å². The van der Waals surface area contributed by atoms with Crippen molar-refractivity contribution in [1.29, 1.82) is 0 Å². The molecule has 2 atom stereocenters. The number of allylic oxidation sites excluding steroid dienone is 1. The summed E-state index contributed by atoms with van der Waals surface area (Å²) in [4.78, 5) is 21.2. The summed E-state index contributed by atoms with van der Waals surface area (Å²) in [5, 5.41) is 11.3. The lowest BCUT2D eigenvalue weighted by molar-refractivity contribution is -0.119. The number of pyridine rings is 1. The normalized spacial score (nSPS) is 19.1. The molecular weight excluding hydrogens is 432 g/mol. The van der Waals surface area contributed by atoms with E-state index in [9.17, 15) is 4.79 Å². The minimum Gasteiger partial charge on any atom is -0.366 e. The fraction of sp³-hybridized carbons (Fsp3) is 0.333. The second kappa shape index (κ2) is 8.73. The highest BCUT2D eigenvalue weighted by molar-refractivity contribution is 9.10. The van der Waals surface area contributed by atoms with Crippen molar-refractivity contribution in [3.05, 3.63) is 59.5 Å². The van der Waals surface area contributed by atoms with E-state index < -0.39 is 0 Å². The van der Waals surface area contributed by atoms with Crippen LogP contribution < -0.4 is 10.6 Å². The SMILES string of the molecule is C=CC(=O)[C@H]1CCCC[C@H]1Nc1cc(NCc2cccnc2)n2ncc(Br)c2n1. The second-order valence-electron chi connectivity index (χ2n) is 7.22. The Hall–Kier alpha value is -2.74. The molecule has 0 aliphatic heterocycles. The lowest BCUT2D eigenvalue weighted by Gasteiger charge is -2.31. The third kappa shape index (κ3) is 4.32. The zero-order chi connectivity index (χ0) is 20.2. The van der Waals surface area contributed by atoms with Crippen molar-refractivity contribution in [2.24, 2.45) is 5.92 Å². The monoisotopic (exact) mass is 454 g/mol. The van der Waals surface area contributed by atoms with Crippen LogP contribution in [0, 0.1) is 5.92 Å². The molecule has 0 aromatic carbocycles. The lowest BCUT2D eigenvalue weighted by atomic mass is 9.81. The Labute approximate surface area is 177 Å². The first-order valence-electron chi connectivity index (χ1n) is 9.75. The van der Waals surface area contributed by atoms with Gasteiger partial charge >= 0.3 is 0 Å². The van der Waals surface area contributed by atoms with E-state index in [0.29, 0.717) is 12.2 Å². The molecule has 7 nitrogen and oxygen atoms in total. The molecule has 1 saturated carbocycles. The molecule has 150 valence electrons. The van der Waals surface area contributed by atoms with E-state index in [4.69, 9.17) is 4.98 Å². The van der Waals surface area contributed by atoms with Gasteiger partial charge in [-0.3, -0.25) is 9.78 Å². The molecule has 0 unspecified atom stereocenters. The highest BCUT2D eigenvalue weighted by Gasteiger charge is 2.29. The number of fused-ring (bicyclic) bond motifs is 1. The Bertz CT molecular complexity index is 1020. The van der Waals surface area contributed by atoms with E-state index in [1.807, 2.05) is 24.4 Å². The van der Waals surface area contributed by atoms with Crippen molar-refractivity contribution in [2.45, 2.75) is 38.3 Å². The van der Waals surface area contributed by atoms with Crippen LogP contribution in [-0.4, -0.2) is 31.4 Å². The van der Waals surface area contributed by atoms with Gasteiger partial charge in [0.05, 0.1) is 10.7 Å². The van der Waals surface area contributed by atoms with Crippen molar-refractivity contribution < 1.29 is 4.79 Å². The minimum absolute atomic E-state index is 0.0528. The minimum atomic E-state index is -0.0561. The first-order chi connectivity index (χ1) is 14.2. The smallest absolute Gasteiger partial charge is 0.173 e. The van der Waals surface area contributed by atoms with Crippen molar-refractivity contribution in [3.8, 4) is 0 Å². The van der Waals surface area contributed by atoms with Crippen LogP contribution >= 0.6 is 15.9 Å². The summed E-state index contributed by atoms with van der Waals surface area (Å²) in [6, 6.07) is 5.92. The molecule has 0 bridgehead atoms. The summed E-state index contributed by atoms with van der Waals surface area (Å²) in [7, 11) is 0. The van der Waals surface area contributed by atoms with E-state index >= 15 is 0 Å². The number of halogens is 1. The van der Waals surface area contributed by atoms with Crippen LogP contribution in [0.2, 0.25) is 0 Å². The van der Waals surface area contributed by atoms with E-state index in [1.165, 1.54) is 6.08 Å². The number of anilines is 2. The predicted octanol–water partition coefficient (Wildman–Crippen LogP) is 4.22. The number of hydrogen-bond acceptors (Lipinski definition) is 6. The standard InChI is InChI=1S/C21H23BrN6O/c1-2-18(29)15-7-3-4-8-17(15)26-19-10-20(24-12-14-6-5-9-23-11-14)28-21(27-19)16(22)13-25-28/h2,5-6,9-11,13,15,17,24H,1,3-4,7-8,12H2,(H,26,27)/t15-,17+/m0/s1. The summed E-state index contributed by atoms with van der Waals surface area (Å²) in [6.07, 6.45) is 10.7. The summed E-state index contributed by atoms with van der Waals surface area (Å²) in [6.45, 7) is 4.28. The fourth-order valence-corrected chi connectivity index (χ4v) is 4.16. The Morgan fingerprint density at radius 2 is 2.21 bits per heavy atom. The molecule has 3 aromatic rings. The number of nitrogens with zero attached hydrogens (tertiary/aromatic N) is 4. The summed E-state index contributed by atoms with van der Waals surface area (Å²) >= 11 is 3.52. The number of ketones is 1. The van der Waals surface area contributed by atoms with Crippen molar-refractivity contribution >= 4 is 39.0 Å². The Kier molecular flexibility index (Phi) is 5.89. The molecule has 1 fully saturated rings. The van der Waals surface area contributed by atoms with E-state index in [1.54, 1.807) is 16.9 Å². The van der Waals surface area contributed by atoms with Gasteiger partial charge in [-0.05, 0) is 46.5 Å². The molecule has 4 rings (SSSR count). The third-order valence-electron chi connectivity index (χ3n) is 5.29. The van der Waals surface area contributed by atoms with Crippen LogP contribution in [0.5, 0.6) is 0 Å². The largest absolute Gasteiger partial charge is 0.366 e. The molecule has 0 saturated heterocycles. The molecule has 29 heavy (non-hydrogen) atoms. The first-order valence-corrected chi connectivity index (χ1v) is 10.5. The Balaban J connectivity index is 1.61. The second-order valence-corrected chi connectivity index (χ2v) is 8.07. The van der Waals surface area contributed by atoms with Crippen LogP contribution in [0.1, 0.15) is 31.2 Å². The lowest BCUT2D eigenvalue weighted by Crippen LogP contribution is -2.36. The van der Waals surface area contributed by atoms with Crippen LogP contribution in [0.4, 0.5) is 11.6 Å². The van der Waals surface area contributed by atoms with Crippen LogP contribution in [0.3, 0.4) is 0 Å². The van der Waals surface area contributed by atoms with Crippen LogP contribution in [0.15, 0.2) is 53.9 Å². The molecule has 1 aliphatic rings. The van der Waals surface area contributed by atoms with Crippen LogP contribution in [0.25, 0.3) is 5.65 Å². The Morgan fingerprint density at radius 3 is 3.00 bits per heavy atom. The van der Waals surface area contributed by atoms with Gasteiger partial charge in [-0.25, -0.2) is 4.98 Å². The van der Waals surface area contributed by atoms with Gasteiger partial charge in [-0.15, -0.1) is 0 Å². The third-order valence-corrected chi connectivity index (χ3v) is 5.85. The van der Waals surface area contributed by atoms with E-state index in [0.717, 1.165) is 47.4 Å². The van der Waals surface area contributed by atoms with Gasteiger partial charge in [-0.2, -0.15) is 9.61 Å².